The van der Waals surface area contributed by atoms with E-state index in [0.29, 0.717) is 19.0 Å². The van der Waals surface area contributed by atoms with Crippen LogP contribution in [0.15, 0.2) is 32.2 Å². The van der Waals surface area contributed by atoms with Gasteiger partial charge in [0.1, 0.15) is 11.5 Å². The van der Waals surface area contributed by atoms with Crippen LogP contribution in [0.1, 0.15) is 36.4 Å². The number of nitrogens with zero attached hydrogens (tertiary/aromatic N) is 2. The smallest absolute Gasteiger partial charge is 0.191 e. The van der Waals surface area contributed by atoms with Gasteiger partial charge in [0.2, 0.25) is 0 Å². The number of methoxy groups -OCH3 is 1. The van der Waals surface area contributed by atoms with E-state index in [2.05, 4.69) is 50.6 Å². The van der Waals surface area contributed by atoms with Crippen LogP contribution in [0.5, 0.6) is 5.75 Å². The fraction of sp³-hybridized carbons (Fsp3) is 0.444. The third-order valence-electron chi connectivity index (χ3n) is 3.95. The predicted molar refractivity (Wildman–Crippen MR) is 118 cm³/mol. The highest BCUT2D eigenvalue weighted by Crippen LogP contribution is 2.22. The van der Waals surface area contributed by atoms with Crippen LogP contribution in [0.3, 0.4) is 0 Å². The number of ether oxygens (including phenoxy) is 1. The van der Waals surface area contributed by atoms with Gasteiger partial charge in [-0.25, -0.2) is 0 Å². The van der Waals surface area contributed by atoms with Crippen molar-refractivity contribution >= 4 is 45.9 Å². The van der Waals surface area contributed by atoms with Crippen LogP contribution in [0.25, 0.3) is 0 Å². The number of hydrogen-bond donors (Lipinski definition) is 2. The molecule has 2 aromatic rings. The van der Waals surface area contributed by atoms with Crippen LogP contribution in [-0.4, -0.2) is 25.3 Å². The Hall–Kier alpha value is -1.29. The molecule has 0 bridgehead atoms. The van der Waals surface area contributed by atoms with Crippen molar-refractivity contribution in [3.8, 4) is 5.75 Å². The topological polar surface area (TPSA) is 71.7 Å². The highest BCUT2D eigenvalue weighted by atomic mass is 127. The molecule has 2 rings (SSSR count). The number of aryl methyl sites for hydroxylation is 2. The maximum atomic E-state index is 5.40. The summed E-state index contributed by atoms with van der Waals surface area (Å²) in [6, 6.07) is 5.93. The molecule has 0 aliphatic carbocycles. The second kappa shape index (κ2) is 11.4. The number of aromatic nitrogens is 1. The van der Waals surface area contributed by atoms with E-state index in [1.54, 1.807) is 14.2 Å². The monoisotopic (exact) mass is 536 g/mol. The van der Waals surface area contributed by atoms with E-state index < -0.39 is 0 Å². The van der Waals surface area contributed by atoms with Crippen molar-refractivity contribution in [1.82, 2.24) is 15.8 Å². The molecule has 0 amide bonds. The van der Waals surface area contributed by atoms with Gasteiger partial charge in [-0.15, -0.1) is 24.0 Å². The first-order chi connectivity index (χ1) is 12.1. The molecule has 0 saturated carbocycles. The summed E-state index contributed by atoms with van der Waals surface area (Å²) < 4.78 is 11.8. The number of benzene rings is 1. The van der Waals surface area contributed by atoms with Crippen LogP contribution >= 0.6 is 39.9 Å². The molecule has 6 nitrogen and oxygen atoms in total. The Kier molecular flexibility index (Phi) is 10.0. The Morgan fingerprint density at radius 1 is 1.23 bits per heavy atom. The standard InChI is InChI=1S/C18H25BrN4O2.HI/c1-5-15-14(16(6-2)25-23-15)11-22-18(20-3)21-10-12-9-13(19)7-8-17(12)24-4;/h7-9H,5-6,10-11H2,1-4H3,(H2,20,21,22);1H. The number of rotatable bonds is 7. The average Bonchev–Trinajstić information content (AvgIpc) is 3.04. The van der Waals surface area contributed by atoms with Gasteiger partial charge in [0.05, 0.1) is 12.8 Å². The zero-order chi connectivity index (χ0) is 18.2. The zero-order valence-electron chi connectivity index (χ0n) is 15.6. The van der Waals surface area contributed by atoms with Gasteiger partial charge < -0.3 is 19.9 Å². The number of halogens is 2. The molecular formula is C18H26BrIN4O2. The quantitative estimate of drug-likeness (QED) is 0.317. The van der Waals surface area contributed by atoms with Gasteiger partial charge in [0.15, 0.2) is 5.96 Å². The van der Waals surface area contributed by atoms with E-state index in [1.807, 2.05) is 18.2 Å². The molecule has 0 fully saturated rings. The first-order valence-electron chi connectivity index (χ1n) is 8.36. The first kappa shape index (κ1) is 22.8. The Morgan fingerprint density at radius 2 is 1.96 bits per heavy atom. The molecule has 0 unspecified atom stereocenters. The minimum Gasteiger partial charge on any atom is -0.496 e. The van der Waals surface area contributed by atoms with Gasteiger partial charge in [0.25, 0.3) is 0 Å². The van der Waals surface area contributed by atoms with Gasteiger partial charge in [-0.1, -0.05) is 34.9 Å². The maximum absolute atomic E-state index is 5.40. The summed E-state index contributed by atoms with van der Waals surface area (Å²) in [5, 5.41) is 10.8. The molecule has 0 radical (unpaired) electrons. The zero-order valence-corrected chi connectivity index (χ0v) is 19.5. The lowest BCUT2D eigenvalue weighted by molar-refractivity contribution is 0.380. The molecule has 0 atom stereocenters. The van der Waals surface area contributed by atoms with Crippen molar-refractivity contribution in [3.05, 3.63) is 45.3 Å². The van der Waals surface area contributed by atoms with Gasteiger partial charge >= 0.3 is 0 Å². The predicted octanol–water partition coefficient (Wildman–Crippen LogP) is 4.05. The molecule has 2 N–H and O–H groups in total. The van der Waals surface area contributed by atoms with Gasteiger partial charge in [-0.05, 0) is 24.6 Å². The minimum absolute atomic E-state index is 0. The molecule has 0 saturated heterocycles. The molecule has 26 heavy (non-hydrogen) atoms. The van der Waals surface area contributed by atoms with Crippen molar-refractivity contribution in [1.29, 1.82) is 0 Å². The fourth-order valence-corrected chi connectivity index (χ4v) is 3.00. The summed E-state index contributed by atoms with van der Waals surface area (Å²) in [4.78, 5) is 4.28. The summed E-state index contributed by atoms with van der Waals surface area (Å²) in [5.74, 6) is 2.48. The highest BCUT2D eigenvalue weighted by Gasteiger charge is 2.13. The number of nitrogens with one attached hydrogen (secondary N) is 2. The van der Waals surface area contributed by atoms with Crippen LogP contribution in [0.2, 0.25) is 0 Å². The molecule has 0 aliphatic rings. The average molecular weight is 537 g/mol. The van der Waals surface area contributed by atoms with Crippen molar-refractivity contribution in [2.24, 2.45) is 4.99 Å². The Balaban J connectivity index is 0.00000338. The largest absolute Gasteiger partial charge is 0.496 e. The highest BCUT2D eigenvalue weighted by molar-refractivity contribution is 14.0. The van der Waals surface area contributed by atoms with E-state index in [1.165, 1.54) is 0 Å². The number of guanidine groups is 1. The van der Waals surface area contributed by atoms with Crippen molar-refractivity contribution < 1.29 is 9.26 Å². The normalized spacial score (nSPS) is 11.0. The van der Waals surface area contributed by atoms with Gasteiger partial charge in [-0.2, -0.15) is 0 Å². The van der Waals surface area contributed by atoms with Gasteiger partial charge in [-0.3, -0.25) is 4.99 Å². The first-order valence-corrected chi connectivity index (χ1v) is 9.15. The van der Waals surface area contributed by atoms with Crippen molar-refractivity contribution in [2.75, 3.05) is 14.2 Å². The summed E-state index contributed by atoms with van der Waals surface area (Å²) in [7, 11) is 3.42. The molecule has 1 aromatic carbocycles. The molecule has 144 valence electrons. The summed E-state index contributed by atoms with van der Waals surface area (Å²) in [6.45, 7) is 5.38. The van der Waals surface area contributed by atoms with E-state index in [4.69, 9.17) is 9.26 Å². The number of hydrogen-bond acceptors (Lipinski definition) is 4. The van der Waals surface area contributed by atoms with E-state index in [0.717, 1.165) is 45.6 Å². The van der Waals surface area contributed by atoms with Crippen LogP contribution in [0, 0.1) is 0 Å². The summed E-state index contributed by atoms with van der Waals surface area (Å²) in [6.07, 6.45) is 1.67. The molecular weight excluding hydrogens is 511 g/mol. The second-order valence-corrected chi connectivity index (χ2v) is 6.39. The minimum atomic E-state index is 0. The summed E-state index contributed by atoms with van der Waals surface area (Å²) >= 11 is 3.49. The lowest BCUT2D eigenvalue weighted by Gasteiger charge is -2.14. The Bertz CT molecular complexity index is 712. The maximum Gasteiger partial charge on any atom is 0.191 e. The van der Waals surface area contributed by atoms with Gasteiger partial charge in [0, 0.05) is 42.2 Å². The number of aliphatic imine (C=N–C) groups is 1. The van der Waals surface area contributed by atoms with E-state index >= 15 is 0 Å². The summed E-state index contributed by atoms with van der Waals surface area (Å²) in [5.41, 5.74) is 3.16. The lowest BCUT2D eigenvalue weighted by Crippen LogP contribution is -2.36. The third kappa shape index (κ3) is 5.87. The van der Waals surface area contributed by atoms with Crippen molar-refractivity contribution in [3.63, 3.8) is 0 Å². The Morgan fingerprint density at radius 3 is 2.58 bits per heavy atom. The molecule has 0 aliphatic heterocycles. The SMILES string of the molecule is CCc1noc(CC)c1CNC(=NC)NCc1cc(Br)ccc1OC.I. The molecule has 1 aromatic heterocycles. The Labute approximate surface area is 180 Å². The van der Waals surface area contributed by atoms with Crippen molar-refractivity contribution in [2.45, 2.75) is 39.8 Å². The molecule has 8 heteroatoms. The van der Waals surface area contributed by atoms with Crippen LogP contribution < -0.4 is 15.4 Å². The molecule has 0 spiro atoms. The van der Waals surface area contributed by atoms with E-state index in [9.17, 15) is 0 Å². The van der Waals surface area contributed by atoms with Crippen LogP contribution in [0.4, 0.5) is 0 Å². The van der Waals surface area contributed by atoms with Crippen LogP contribution in [-0.2, 0) is 25.9 Å². The second-order valence-electron chi connectivity index (χ2n) is 5.47. The van der Waals surface area contributed by atoms with E-state index in [-0.39, 0.29) is 24.0 Å². The lowest BCUT2D eigenvalue weighted by atomic mass is 10.1. The molecule has 1 heterocycles. The fourth-order valence-electron chi connectivity index (χ4n) is 2.59. The third-order valence-corrected chi connectivity index (χ3v) is 4.45.